The van der Waals surface area contributed by atoms with E-state index >= 15 is 0 Å². The van der Waals surface area contributed by atoms with Crippen molar-refractivity contribution in [1.82, 2.24) is 0 Å². The van der Waals surface area contributed by atoms with Crippen LogP contribution in [0.25, 0.3) is 0 Å². The van der Waals surface area contributed by atoms with Gasteiger partial charge in [0.05, 0.1) is 0 Å². The molecule has 0 fully saturated rings. The fourth-order valence-corrected chi connectivity index (χ4v) is 6.09. The number of hydrogen-bond donors (Lipinski definition) is 2. The maximum Gasteiger partial charge on any atom is 0.242 e. The molecule has 0 bridgehead atoms. The van der Waals surface area contributed by atoms with E-state index in [0.29, 0.717) is 11.2 Å². The number of rotatable bonds is 10. The lowest BCUT2D eigenvalue weighted by Gasteiger charge is -2.27. The minimum Gasteiger partial charge on any atom is -0.338 e. The van der Waals surface area contributed by atoms with Crippen LogP contribution in [0.3, 0.4) is 0 Å². The first kappa shape index (κ1) is 17.9. The van der Waals surface area contributed by atoms with E-state index in [0.717, 1.165) is 25.7 Å². The van der Waals surface area contributed by atoms with Crippen LogP contribution in [0.1, 0.15) is 65.7 Å². The SMILES string of the molecule is CCCCC(CC)C(CCCC)SP(O)(O)=S. The van der Waals surface area contributed by atoms with Crippen LogP contribution in [0.2, 0.25) is 0 Å². The van der Waals surface area contributed by atoms with Gasteiger partial charge in [0.2, 0.25) is 5.69 Å². The molecular weight excluding hydrogens is 271 g/mol. The summed E-state index contributed by atoms with van der Waals surface area (Å²) in [4.78, 5) is 19.0. The Bertz CT molecular complexity index is 231. The van der Waals surface area contributed by atoms with Gasteiger partial charge in [0.15, 0.2) is 0 Å². The van der Waals surface area contributed by atoms with Crippen LogP contribution in [0.15, 0.2) is 0 Å². The zero-order valence-corrected chi connectivity index (χ0v) is 13.8. The van der Waals surface area contributed by atoms with Crippen LogP contribution in [-0.2, 0) is 11.8 Å². The fourth-order valence-electron chi connectivity index (χ4n) is 2.08. The number of unbranched alkanes of at least 4 members (excludes halogenated alkanes) is 2. The molecule has 5 heteroatoms. The zero-order valence-electron chi connectivity index (χ0n) is 11.3. The van der Waals surface area contributed by atoms with Crippen LogP contribution in [0.4, 0.5) is 0 Å². The first-order valence-corrected chi connectivity index (χ1v) is 10.9. The van der Waals surface area contributed by atoms with E-state index in [2.05, 4.69) is 20.8 Å². The molecule has 0 amide bonds. The van der Waals surface area contributed by atoms with Crippen molar-refractivity contribution in [3.8, 4) is 0 Å². The highest BCUT2D eigenvalue weighted by Crippen LogP contribution is 2.56. The van der Waals surface area contributed by atoms with Crippen LogP contribution >= 0.6 is 17.1 Å². The molecule has 17 heavy (non-hydrogen) atoms. The van der Waals surface area contributed by atoms with Crippen molar-refractivity contribution >= 4 is 28.9 Å². The Labute approximate surface area is 116 Å². The van der Waals surface area contributed by atoms with Crippen LogP contribution in [0, 0.1) is 5.92 Å². The quantitative estimate of drug-likeness (QED) is 0.573. The average molecular weight is 298 g/mol. The average Bonchev–Trinajstić information content (AvgIpc) is 2.24. The summed E-state index contributed by atoms with van der Waals surface area (Å²) in [7, 11) is 0. The second-order valence-electron chi connectivity index (χ2n) is 4.59. The van der Waals surface area contributed by atoms with Gasteiger partial charge in [0.1, 0.15) is 0 Å². The Balaban J connectivity index is 4.44. The summed E-state index contributed by atoms with van der Waals surface area (Å²) in [6, 6.07) is 0. The molecular formula is C12H27O2PS2. The Morgan fingerprint density at radius 3 is 2.00 bits per heavy atom. The molecule has 2 atom stereocenters. The van der Waals surface area contributed by atoms with Crippen LogP contribution in [0.5, 0.6) is 0 Å². The first-order chi connectivity index (χ1) is 7.94. The maximum atomic E-state index is 9.50. The van der Waals surface area contributed by atoms with E-state index < -0.39 is 5.69 Å². The molecule has 2 N–H and O–H groups in total. The van der Waals surface area contributed by atoms with Crippen molar-refractivity contribution in [1.29, 1.82) is 0 Å². The number of hydrogen-bond acceptors (Lipinski definition) is 2. The van der Waals surface area contributed by atoms with Crippen molar-refractivity contribution in [3.05, 3.63) is 0 Å². The van der Waals surface area contributed by atoms with E-state index in [9.17, 15) is 9.79 Å². The Hall–Kier alpha value is 0.920. The first-order valence-electron chi connectivity index (χ1n) is 6.68. The highest BCUT2D eigenvalue weighted by molar-refractivity contribution is 8.67. The van der Waals surface area contributed by atoms with E-state index in [1.54, 1.807) is 0 Å². The largest absolute Gasteiger partial charge is 0.338 e. The van der Waals surface area contributed by atoms with Gasteiger partial charge in [0.25, 0.3) is 0 Å². The van der Waals surface area contributed by atoms with Crippen molar-refractivity contribution in [2.24, 2.45) is 5.92 Å². The molecule has 0 aromatic heterocycles. The summed E-state index contributed by atoms with van der Waals surface area (Å²) in [5, 5.41) is 0.326. The van der Waals surface area contributed by atoms with Gasteiger partial charge < -0.3 is 9.79 Å². The van der Waals surface area contributed by atoms with Crippen molar-refractivity contribution in [2.45, 2.75) is 71.0 Å². The second-order valence-corrected chi connectivity index (χ2v) is 10.8. The molecule has 2 nitrogen and oxygen atoms in total. The van der Waals surface area contributed by atoms with Crippen molar-refractivity contribution < 1.29 is 9.79 Å². The second kappa shape index (κ2) is 9.80. The van der Waals surface area contributed by atoms with Crippen LogP contribution in [-0.4, -0.2) is 15.0 Å². The predicted octanol–water partition coefficient (Wildman–Crippen LogP) is 4.70. The molecule has 0 saturated heterocycles. The lowest BCUT2D eigenvalue weighted by atomic mass is 9.93. The summed E-state index contributed by atoms with van der Waals surface area (Å²) in [5.74, 6) is 0.577. The summed E-state index contributed by atoms with van der Waals surface area (Å²) in [5.41, 5.74) is -3.11. The van der Waals surface area contributed by atoms with Gasteiger partial charge in [-0.3, -0.25) is 0 Å². The van der Waals surface area contributed by atoms with E-state index in [-0.39, 0.29) is 0 Å². The van der Waals surface area contributed by atoms with Crippen LogP contribution < -0.4 is 0 Å². The third kappa shape index (κ3) is 9.49. The molecule has 0 aromatic carbocycles. The van der Waals surface area contributed by atoms with Gasteiger partial charge in [-0.15, -0.1) is 0 Å². The minimum absolute atomic E-state index is 0.326. The minimum atomic E-state index is -3.11. The Kier molecular flexibility index (Phi) is 10.3. The molecule has 0 aliphatic rings. The smallest absolute Gasteiger partial charge is 0.242 e. The predicted molar refractivity (Wildman–Crippen MR) is 82.9 cm³/mol. The summed E-state index contributed by atoms with van der Waals surface area (Å²) in [6.07, 6.45) is 8.08. The molecule has 0 spiro atoms. The van der Waals surface area contributed by atoms with Gasteiger partial charge >= 0.3 is 0 Å². The highest BCUT2D eigenvalue weighted by Gasteiger charge is 2.25. The molecule has 0 rings (SSSR count). The molecule has 0 heterocycles. The van der Waals surface area contributed by atoms with Crippen molar-refractivity contribution in [3.63, 3.8) is 0 Å². The lowest BCUT2D eigenvalue weighted by molar-refractivity contribution is 0.415. The molecule has 0 saturated carbocycles. The standard InChI is InChI=1S/C12H27O2PS2/c1-4-7-9-11(6-3)12(10-8-5-2)17-15(13,14)16/h11-12H,4-10H2,1-3H3,(H2,13,14,16). The monoisotopic (exact) mass is 298 g/mol. The fraction of sp³-hybridized carbons (Fsp3) is 1.00. The van der Waals surface area contributed by atoms with E-state index in [1.807, 2.05) is 0 Å². The lowest BCUT2D eigenvalue weighted by Crippen LogP contribution is -2.17. The van der Waals surface area contributed by atoms with Gasteiger partial charge in [0, 0.05) is 5.25 Å². The normalized spacial score (nSPS) is 15.8. The Morgan fingerprint density at radius 2 is 1.59 bits per heavy atom. The van der Waals surface area contributed by atoms with Crippen molar-refractivity contribution in [2.75, 3.05) is 0 Å². The van der Waals surface area contributed by atoms with Gasteiger partial charge in [-0.05, 0) is 30.6 Å². The van der Waals surface area contributed by atoms with E-state index in [1.165, 1.54) is 30.6 Å². The summed E-state index contributed by atoms with van der Waals surface area (Å²) >= 11 is 6.04. The molecule has 0 aromatic rings. The molecule has 0 aliphatic carbocycles. The van der Waals surface area contributed by atoms with Gasteiger partial charge in [-0.25, -0.2) is 0 Å². The third-order valence-corrected chi connectivity index (χ3v) is 6.67. The highest BCUT2D eigenvalue weighted by atomic mass is 32.9. The molecule has 0 aliphatic heterocycles. The van der Waals surface area contributed by atoms with Gasteiger partial charge in [-0.1, -0.05) is 64.3 Å². The maximum absolute atomic E-state index is 9.50. The van der Waals surface area contributed by atoms with Gasteiger partial charge in [-0.2, -0.15) is 0 Å². The summed E-state index contributed by atoms with van der Waals surface area (Å²) in [6.45, 7) is 6.56. The van der Waals surface area contributed by atoms with E-state index in [4.69, 9.17) is 11.8 Å². The summed E-state index contributed by atoms with van der Waals surface area (Å²) < 4.78 is 0. The molecule has 104 valence electrons. The molecule has 2 unspecified atom stereocenters. The zero-order chi connectivity index (χ0) is 13.3. The topological polar surface area (TPSA) is 40.5 Å². The molecule has 0 radical (unpaired) electrons. The third-order valence-electron chi connectivity index (χ3n) is 3.09. The Morgan fingerprint density at radius 1 is 1.06 bits per heavy atom.